The fraction of sp³-hybridized carbons (Fsp3) is 0.500. The SMILES string of the molecule is CCOCC(C)(N)c1ccc(C)c(F)c1F. The average molecular weight is 229 g/mol. The van der Waals surface area contributed by atoms with Crippen molar-refractivity contribution in [3.8, 4) is 0 Å². The average Bonchev–Trinajstić information content (AvgIpc) is 2.23. The van der Waals surface area contributed by atoms with Crippen molar-refractivity contribution in [2.45, 2.75) is 26.3 Å². The zero-order chi connectivity index (χ0) is 12.3. The highest BCUT2D eigenvalue weighted by atomic mass is 19.2. The topological polar surface area (TPSA) is 35.2 Å². The van der Waals surface area contributed by atoms with Crippen LogP contribution in [0.25, 0.3) is 0 Å². The number of aryl methyl sites for hydroxylation is 1. The van der Waals surface area contributed by atoms with Gasteiger partial charge in [0.1, 0.15) is 0 Å². The third-order valence-electron chi connectivity index (χ3n) is 2.50. The smallest absolute Gasteiger partial charge is 0.164 e. The second-order valence-electron chi connectivity index (χ2n) is 4.11. The van der Waals surface area contributed by atoms with E-state index < -0.39 is 17.2 Å². The van der Waals surface area contributed by atoms with Crippen LogP contribution in [0, 0.1) is 18.6 Å². The van der Waals surface area contributed by atoms with Gasteiger partial charge in [0.25, 0.3) is 0 Å². The Labute approximate surface area is 94.4 Å². The minimum atomic E-state index is -1.02. The van der Waals surface area contributed by atoms with Gasteiger partial charge < -0.3 is 10.5 Å². The lowest BCUT2D eigenvalue weighted by molar-refractivity contribution is 0.0990. The molecule has 0 spiro atoms. The second-order valence-corrected chi connectivity index (χ2v) is 4.11. The van der Waals surface area contributed by atoms with Crippen LogP contribution in [0.15, 0.2) is 12.1 Å². The summed E-state index contributed by atoms with van der Waals surface area (Å²) in [6, 6.07) is 3.03. The van der Waals surface area contributed by atoms with Gasteiger partial charge in [-0.15, -0.1) is 0 Å². The summed E-state index contributed by atoms with van der Waals surface area (Å²) in [4.78, 5) is 0. The van der Waals surface area contributed by atoms with E-state index in [2.05, 4.69) is 0 Å². The maximum atomic E-state index is 13.7. The first-order valence-electron chi connectivity index (χ1n) is 5.22. The van der Waals surface area contributed by atoms with Crippen molar-refractivity contribution in [3.63, 3.8) is 0 Å². The summed E-state index contributed by atoms with van der Waals surface area (Å²) in [5.74, 6) is -1.73. The number of ether oxygens (including phenoxy) is 1. The predicted molar refractivity (Wildman–Crippen MR) is 59.1 cm³/mol. The Kier molecular flexibility index (Phi) is 3.99. The third-order valence-corrected chi connectivity index (χ3v) is 2.50. The molecule has 0 bridgehead atoms. The van der Waals surface area contributed by atoms with Crippen molar-refractivity contribution in [2.24, 2.45) is 5.73 Å². The van der Waals surface area contributed by atoms with Gasteiger partial charge >= 0.3 is 0 Å². The number of benzene rings is 1. The Bertz CT molecular complexity index is 378. The summed E-state index contributed by atoms with van der Waals surface area (Å²) in [7, 11) is 0. The van der Waals surface area contributed by atoms with Crippen molar-refractivity contribution in [1.29, 1.82) is 0 Å². The quantitative estimate of drug-likeness (QED) is 0.860. The van der Waals surface area contributed by atoms with Crippen LogP contribution >= 0.6 is 0 Å². The fourth-order valence-corrected chi connectivity index (χ4v) is 1.48. The molecule has 0 aromatic heterocycles. The van der Waals surface area contributed by atoms with Gasteiger partial charge in [0.05, 0.1) is 12.1 Å². The van der Waals surface area contributed by atoms with E-state index in [1.807, 2.05) is 6.92 Å². The lowest BCUT2D eigenvalue weighted by atomic mass is 9.92. The monoisotopic (exact) mass is 229 g/mol. The van der Waals surface area contributed by atoms with Crippen LogP contribution in [-0.4, -0.2) is 13.2 Å². The molecule has 4 heteroatoms. The van der Waals surface area contributed by atoms with Gasteiger partial charge in [-0.3, -0.25) is 0 Å². The first-order valence-corrected chi connectivity index (χ1v) is 5.22. The minimum Gasteiger partial charge on any atom is -0.379 e. The zero-order valence-corrected chi connectivity index (χ0v) is 9.81. The first-order chi connectivity index (χ1) is 7.40. The number of hydrogen-bond donors (Lipinski definition) is 1. The van der Waals surface area contributed by atoms with Crippen LogP contribution < -0.4 is 5.73 Å². The van der Waals surface area contributed by atoms with Crippen LogP contribution in [0.1, 0.15) is 25.0 Å². The molecule has 0 fully saturated rings. The lowest BCUT2D eigenvalue weighted by Gasteiger charge is -2.25. The Morgan fingerprint density at radius 2 is 1.94 bits per heavy atom. The number of rotatable bonds is 4. The van der Waals surface area contributed by atoms with Crippen molar-refractivity contribution < 1.29 is 13.5 Å². The maximum Gasteiger partial charge on any atom is 0.164 e. The Morgan fingerprint density at radius 1 is 1.31 bits per heavy atom. The van der Waals surface area contributed by atoms with E-state index in [-0.39, 0.29) is 17.7 Å². The maximum absolute atomic E-state index is 13.7. The molecule has 1 aromatic carbocycles. The molecule has 1 unspecified atom stereocenters. The van der Waals surface area contributed by atoms with E-state index in [1.165, 1.54) is 19.1 Å². The van der Waals surface area contributed by atoms with Crippen LogP contribution in [-0.2, 0) is 10.3 Å². The molecule has 0 aliphatic carbocycles. The molecule has 1 atom stereocenters. The molecule has 0 radical (unpaired) electrons. The summed E-state index contributed by atoms with van der Waals surface area (Å²) in [6.45, 7) is 5.60. The van der Waals surface area contributed by atoms with E-state index in [0.717, 1.165) is 0 Å². The van der Waals surface area contributed by atoms with Crippen molar-refractivity contribution in [1.82, 2.24) is 0 Å². The molecule has 0 aliphatic rings. The number of nitrogens with two attached hydrogens (primary N) is 1. The molecule has 1 rings (SSSR count). The van der Waals surface area contributed by atoms with Crippen LogP contribution in [0.2, 0.25) is 0 Å². The zero-order valence-electron chi connectivity index (χ0n) is 9.81. The summed E-state index contributed by atoms with van der Waals surface area (Å²) >= 11 is 0. The van der Waals surface area contributed by atoms with E-state index in [4.69, 9.17) is 10.5 Å². The highest BCUT2D eigenvalue weighted by Gasteiger charge is 2.27. The molecule has 1 aromatic rings. The van der Waals surface area contributed by atoms with Crippen LogP contribution in [0.4, 0.5) is 8.78 Å². The molecule has 2 nitrogen and oxygen atoms in total. The Balaban J connectivity index is 3.08. The molecule has 0 heterocycles. The van der Waals surface area contributed by atoms with Gasteiger partial charge in [-0.25, -0.2) is 8.78 Å². The van der Waals surface area contributed by atoms with Gasteiger partial charge in [-0.1, -0.05) is 12.1 Å². The highest BCUT2D eigenvalue weighted by Crippen LogP contribution is 2.24. The van der Waals surface area contributed by atoms with Gasteiger partial charge in [0.2, 0.25) is 0 Å². The lowest BCUT2D eigenvalue weighted by Crippen LogP contribution is -2.39. The van der Waals surface area contributed by atoms with Crippen LogP contribution in [0.5, 0.6) is 0 Å². The van der Waals surface area contributed by atoms with Crippen LogP contribution in [0.3, 0.4) is 0 Å². The predicted octanol–water partition coefficient (Wildman–Crippen LogP) is 2.48. The molecular weight excluding hydrogens is 212 g/mol. The number of halogens is 2. The van der Waals surface area contributed by atoms with E-state index in [1.54, 1.807) is 6.92 Å². The van der Waals surface area contributed by atoms with E-state index in [0.29, 0.717) is 6.61 Å². The summed E-state index contributed by atoms with van der Waals surface area (Å²) in [5, 5.41) is 0. The Morgan fingerprint density at radius 3 is 2.50 bits per heavy atom. The molecule has 0 aliphatic heterocycles. The Hall–Kier alpha value is -1.00. The standard InChI is InChI=1S/C12H17F2NO/c1-4-16-7-12(3,15)9-6-5-8(2)10(13)11(9)14/h5-6H,4,7,15H2,1-3H3. The molecule has 0 saturated carbocycles. The molecule has 0 amide bonds. The van der Waals surface area contributed by atoms with Gasteiger partial charge in [-0.2, -0.15) is 0 Å². The van der Waals surface area contributed by atoms with Gasteiger partial charge in [0.15, 0.2) is 11.6 Å². The summed E-state index contributed by atoms with van der Waals surface area (Å²) in [5.41, 5.74) is 5.31. The largest absolute Gasteiger partial charge is 0.379 e. The van der Waals surface area contributed by atoms with Gasteiger partial charge in [-0.05, 0) is 26.3 Å². The molecule has 16 heavy (non-hydrogen) atoms. The molecule has 2 N–H and O–H groups in total. The normalized spacial score (nSPS) is 14.9. The van der Waals surface area contributed by atoms with E-state index >= 15 is 0 Å². The van der Waals surface area contributed by atoms with Crippen molar-refractivity contribution in [3.05, 3.63) is 34.9 Å². The van der Waals surface area contributed by atoms with Crippen molar-refractivity contribution in [2.75, 3.05) is 13.2 Å². The summed E-state index contributed by atoms with van der Waals surface area (Å²) < 4.78 is 32.2. The van der Waals surface area contributed by atoms with Gasteiger partial charge in [0, 0.05) is 12.2 Å². The fourth-order valence-electron chi connectivity index (χ4n) is 1.48. The summed E-state index contributed by atoms with van der Waals surface area (Å²) in [6.07, 6.45) is 0. The first kappa shape index (κ1) is 13.1. The highest BCUT2D eigenvalue weighted by molar-refractivity contribution is 5.30. The number of hydrogen-bond acceptors (Lipinski definition) is 2. The third kappa shape index (κ3) is 2.57. The molecular formula is C12H17F2NO. The molecule has 90 valence electrons. The minimum absolute atomic E-state index is 0.143. The second kappa shape index (κ2) is 4.89. The molecule has 0 saturated heterocycles. The van der Waals surface area contributed by atoms with Crippen molar-refractivity contribution >= 4 is 0 Å². The van der Waals surface area contributed by atoms with E-state index in [9.17, 15) is 8.78 Å².